The van der Waals surface area contributed by atoms with E-state index in [4.69, 9.17) is 11.6 Å². The summed E-state index contributed by atoms with van der Waals surface area (Å²) in [6.07, 6.45) is 1.45. The van der Waals surface area contributed by atoms with Gasteiger partial charge in [0.2, 0.25) is 5.91 Å². The van der Waals surface area contributed by atoms with Crippen molar-refractivity contribution in [2.24, 2.45) is 0 Å². The summed E-state index contributed by atoms with van der Waals surface area (Å²) in [5, 5.41) is 3.10. The molecule has 0 bridgehead atoms. The van der Waals surface area contributed by atoms with Crippen LogP contribution in [0.1, 0.15) is 6.42 Å². The third kappa shape index (κ3) is 3.58. The number of hydrogen-bond donors (Lipinski definition) is 2. The number of rotatable bonds is 4. The molecule has 0 saturated carbocycles. The first-order valence-corrected chi connectivity index (χ1v) is 6.28. The molecule has 104 valence electrons. The number of H-pyrrole nitrogens is 1. The van der Waals surface area contributed by atoms with Crippen LogP contribution in [-0.2, 0) is 11.3 Å². The molecule has 0 radical (unpaired) electrons. The van der Waals surface area contributed by atoms with Gasteiger partial charge in [-0.05, 0) is 12.1 Å². The topological polar surface area (TPSA) is 84.0 Å². The van der Waals surface area contributed by atoms with Gasteiger partial charge in [0.25, 0.3) is 5.56 Å². The summed E-state index contributed by atoms with van der Waals surface area (Å²) in [7, 11) is 0. The van der Waals surface area contributed by atoms with Crippen molar-refractivity contribution in [3.8, 4) is 0 Å². The van der Waals surface area contributed by atoms with Crippen LogP contribution in [0.5, 0.6) is 0 Å². The molecule has 2 N–H and O–H groups in total. The van der Waals surface area contributed by atoms with E-state index < -0.39 is 11.2 Å². The number of carbonyl (C=O) groups is 1. The van der Waals surface area contributed by atoms with Gasteiger partial charge in [-0.1, -0.05) is 23.7 Å². The van der Waals surface area contributed by atoms with E-state index in [0.717, 1.165) is 0 Å². The fraction of sp³-hybridized carbons (Fsp3) is 0.154. The van der Waals surface area contributed by atoms with Gasteiger partial charge < -0.3 is 9.88 Å². The van der Waals surface area contributed by atoms with Crippen molar-refractivity contribution in [2.45, 2.75) is 13.0 Å². The first-order chi connectivity index (χ1) is 9.56. The zero-order chi connectivity index (χ0) is 14.5. The SMILES string of the molecule is O=C(CCn1ccc(=O)[nH]c1=O)Nc1ccccc1Cl. The molecular formula is C13H12ClN3O3. The number of aromatic nitrogens is 2. The van der Waals surface area contributed by atoms with Crippen LogP contribution in [0.15, 0.2) is 46.1 Å². The van der Waals surface area contributed by atoms with Gasteiger partial charge in [0.1, 0.15) is 0 Å². The van der Waals surface area contributed by atoms with E-state index in [0.29, 0.717) is 10.7 Å². The first kappa shape index (κ1) is 14.1. The van der Waals surface area contributed by atoms with Crippen molar-refractivity contribution >= 4 is 23.2 Å². The number of halogens is 1. The number of hydrogen-bond acceptors (Lipinski definition) is 3. The lowest BCUT2D eigenvalue weighted by Gasteiger charge is -2.07. The van der Waals surface area contributed by atoms with E-state index in [1.165, 1.54) is 16.8 Å². The summed E-state index contributed by atoms with van der Waals surface area (Å²) in [5.74, 6) is -0.267. The molecule has 1 aromatic carbocycles. The fourth-order valence-corrected chi connectivity index (χ4v) is 1.80. The standard InChI is InChI=1S/C13H12ClN3O3/c14-9-3-1-2-4-10(9)15-11(18)5-7-17-8-6-12(19)16-13(17)20/h1-4,6,8H,5,7H2,(H,15,18)(H,16,19,20). The highest BCUT2D eigenvalue weighted by molar-refractivity contribution is 6.33. The number of nitrogens with one attached hydrogen (secondary N) is 2. The van der Waals surface area contributed by atoms with Crippen LogP contribution in [0.25, 0.3) is 0 Å². The Morgan fingerprint density at radius 2 is 2.00 bits per heavy atom. The van der Waals surface area contributed by atoms with Gasteiger partial charge in [0.15, 0.2) is 0 Å². The van der Waals surface area contributed by atoms with Crippen molar-refractivity contribution in [1.82, 2.24) is 9.55 Å². The second-order valence-electron chi connectivity index (χ2n) is 4.08. The minimum atomic E-state index is -0.539. The summed E-state index contributed by atoms with van der Waals surface area (Å²) in [6.45, 7) is 0.173. The summed E-state index contributed by atoms with van der Waals surface area (Å²) < 4.78 is 1.26. The maximum absolute atomic E-state index is 11.8. The lowest BCUT2D eigenvalue weighted by molar-refractivity contribution is -0.116. The Morgan fingerprint density at radius 1 is 1.25 bits per heavy atom. The molecule has 0 atom stereocenters. The quantitative estimate of drug-likeness (QED) is 0.889. The summed E-state index contributed by atoms with van der Waals surface area (Å²) >= 11 is 5.92. The third-order valence-corrected chi connectivity index (χ3v) is 2.95. The number of amides is 1. The average molecular weight is 294 g/mol. The van der Waals surface area contributed by atoms with Crippen molar-refractivity contribution in [3.05, 3.63) is 62.4 Å². The largest absolute Gasteiger partial charge is 0.328 e. The summed E-state index contributed by atoms with van der Waals surface area (Å²) in [5.41, 5.74) is -0.484. The lowest BCUT2D eigenvalue weighted by Crippen LogP contribution is -2.29. The normalized spacial score (nSPS) is 10.2. The predicted molar refractivity (Wildman–Crippen MR) is 76.0 cm³/mol. The fourth-order valence-electron chi connectivity index (χ4n) is 1.62. The molecule has 1 heterocycles. The molecule has 0 saturated heterocycles. The van der Waals surface area contributed by atoms with Crippen LogP contribution in [0.2, 0.25) is 5.02 Å². The Labute approximate surface area is 119 Å². The minimum Gasteiger partial charge on any atom is -0.325 e. The Hall–Kier alpha value is -2.34. The molecule has 1 amide bonds. The number of carbonyl (C=O) groups excluding carboxylic acids is 1. The monoisotopic (exact) mass is 293 g/mol. The first-order valence-electron chi connectivity index (χ1n) is 5.90. The van der Waals surface area contributed by atoms with Crippen molar-refractivity contribution < 1.29 is 4.79 Å². The van der Waals surface area contributed by atoms with E-state index in [2.05, 4.69) is 10.3 Å². The van der Waals surface area contributed by atoms with Gasteiger partial charge in [-0.2, -0.15) is 0 Å². The summed E-state index contributed by atoms with van der Waals surface area (Å²) in [4.78, 5) is 36.2. The van der Waals surface area contributed by atoms with Crippen LogP contribution in [0.4, 0.5) is 5.69 Å². The van der Waals surface area contributed by atoms with Crippen LogP contribution >= 0.6 is 11.6 Å². The molecule has 0 aliphatic rings. The molecule has 0 aliphatic heterocycles. The second kappa shape index (κ2) is 6.21. The minimum absolute atomic E-state index is 0.0944. The number of aryl methyl sites for hydroxylation is 1. The van der Waals surface area contributed by atoms with E-state index in [-0.39, 0.29) is 18.9 Å². The molecule has 0 unspecified atom stereocenters. The van der Waals surface area contributed by atoms with Gasteiger partial charge in [-0.25, -0.2) is 4.79 Å². The molecule has 0 fully saturated rings. The Kier molecular flexibility index (Phi) is 4.37. The van der Waals surface area contributed by atoms with E-state index in [9.17, 15) is 14.4 Å². The maximum Gasteiger partial charge on any atom is 0.328 e. The number of benzene rings is 1. The Bertz CT molecular complexity index is 736. The van der Waals surface area contributed by atoms with E-state index >= 15 is 0 Å². The van der Waals surface area contributed by atoms with Gasteiger partial charge >= 0.3 is 5.69 Å². The smallest absolute Gasteiger partial charge is 0.325 e. The van der Waals surface area contributed by atoms with Gasteiger partial charge in [-0.3, -0.25) is 14.6 Å². The highest BCUT2D eigenvalue weighted by atomic mass is 35.5. The number of nitrogens with zero attached hydrogens (tertiary/aromatic N) is 1. The second-order valence-corrected chi connectivity index (χ2v) is 4.49. The van der Waals surface area contributed by atoms with Gasteiger partial charge in [-0.15, -0.1) is 0 Å². The highest BCUT2D eigenvalue weighted by Crippen LogP contribution is 2.20. The molecule has 6 nitrogen and oxygen atoms in total. The third-order valence-electron chi connectivity index (χ3n) is 2.62. The van der Waals surface area contributed by atoms with Gasteiger partial charge in [0.05, 0.1) is 10.7 Å². The van der Waals surface area contributed by atoms with Crippen molar-refractivity contribution in [1.29, 1.82) is 0 Å². The maximum atomic E-state index is 11.8. The molecule has 2 rings (SSSR count). The zero-order valence-corrected chi connectivity index (χ0v) is 11.2. The number of para-hydroxylation sites is 1. The Morgan fingerprint density at radius 3 is 2.70 bits per heavy atom. The van der Waals surface area contributed by atoms with E-state index in [1.807, 2.05) is 0 Å². The van der Waals surface area contributed by atoms with Crippen LogP contribution < -0.4 is 16.6 Å². The van der Waals surface area contributed by atoms with Crippen LogP contribution in [-0.4, -0.2) is 15.5 Å². The zero-order valence-electron chi connectivity index (χ0n) is 10.4. The van der Waals surface area contributed by atoms with Crippen molar-refractivity contribution in [3.63, 3.8) is 0 Å². The molecule has 0 spiro atoms. The molecule has 2 aromatic rings. The number of anilines is 1. The molecule has 1 aromatic heterocycles. The van der Waals surface area contributed by atoms with E-state index in [1.54, 1.807) is 24.3 Å². The molecule has 0 aliphatic carbocycles. The number of aromatic amines is 1. The van der Waals surface area contributed by atoms with Crippen LogP contribution in [0, 0.1) is 0 Å². The average Bonchev–Trinajstić information content (AvgIpc) is 2.40. The summed E-state index contributed by atoms with van der Waals surface area (Å²) in [6, 6.07) is 8.11. The van der Waals surface area contributed by atoms with Crippen molar-refractivity contribution in [2.75, 3.05) is 5.32 Å². The molecular weight excluding hydrogens is 282 g/mol. The van der Waals surface area contributed by atoms with Gasteiger partial charge in [0, 0.05) is 25.2 Å². The van der Waals surface area contributed by atoms with Crippen LogP contribution in [0.3, 0.4) is 0 Å². The molecule has 20 heavy (non-hydrogen) atoms. The Balaban J connectivity index is 1.97. The lowest BCUT2D eigenvalue weighted by atomic mass is 10.3. The highest BCUT2D eigenvalue weighted by Gasteiger charge is 2.06. The molecule has 7 heteroatoms. The predicted octanol–water partition coefficient (Wildman–Crippen LogP) is 1.22.